The number of carbonyl (C=O) groups is 2. The van der Waals surface area contributed by atoms with Crippen molar-refractivity contribution in [1.82, 2.24) is 15.4 Å². The van der Waals surface area contributed by atoms with E-state index in [1.165, 1.54) is 0 Å². The molecular weight excluding hydrogens is 296 g/mol. The molecule has 0 unspecified atom stereocenters. The van der Waals surface area contributed by atoms with Gasteiger partial charge in [-0.05, 0) is 24.6 Å². The smallest absolute Gasteiger partial charge is 0.322 e. The van der Waals surface area contributed by atoms with Crippen LogP contribution in [-0.4, -0.2) is 42.1 Å². The highest BCUT2D eigenvalue weighted by Gasteiger charge is 2.24. The Labute approximate surface area is 133 Å². The van der Waals surface area contributed by atoms with Crippen molar-refractivity contribution in [3.05, 3.63) is 47.3 Å². The van der Waals surface area contributed by atoms with Crippen LogP contribution in [0.25, 0.3) is 0 Å². The number of anilines is 1. The number of benzene rings is 1. The molecule has 0 radical (unpaired) electrons. The van der Waals surface area contributed by atoms with E-state index >= 15 is 0 Å². The Morgan fingerprint density at radius 2 is 2.26 bits per heavy atom. The van der Waals surface area contributed by atoms with Crippen molar-refractivity contribution >= 4 is 17.6 Å². The van der Waals surface area contributed by atoms with Crippen LogP contribution in [-0.2, 0) is 6.54 Å². The summed E-state index contributed by atoms with van der Waals surface area (Å²) in [7, 11) is 1.70. The highest BCUT2D eigenvalue weighted by atomic mass is 16.5. The minimum absolute atomic E-state index is 0.132. The predicted octanol–water partition coefficient (Wildman–Crippen LogP) is 1.78. The SMILES string of the molecule is Cc1ccc(C(=O)N(C)Cc2ccno2)cc1N1CCNC1=O. The van der Waals surface area contributed by atoms with Gasteiger partial charge in [0.15, 0.2) is 5.76 Å². The molecule has 1 fully saturated rings. The summed E-state index contributed by atoms with van der Waals surface area (Å²) in [5.41, 5.74) is 2.25. The number of hydrogen-bond acceptors (Lipinski definition) is 4. The molecular formula is C16H18N4O3. The minimum atomic E-state index is -0.137. The van der Waals surface area contributed by atoms with Crippen LogP contribution in [0.2, 0.25) is 0 Å². The first-order valence-electron chi connectivity index (χ1n) is 7.37. The van der Waals surface area contributed by atoms with Gasteiger partial charge in [0, 0.05) is 37.5 Å². The van der Waals surface area contributed by atoms with E-state index in [1.807, 2.05) is 13.0 Å². The molecule has 2 aromatic rings. The van der Waals surface area contributed by atoms with E-state index in [-0.39, 0.29) is 11.9 Å². The molecule has 1 aliphatic heterocycles. The fourth-order valence-electron chi connectivity index (χ4n) is 2.58. The Kier molecular flexibility index (Phi) is 4.01. The molecule has 1 aromatic carbocycles. The number of aromatic nitrogens is 1. The van der Waals surface area contributed by atoms with Crippen molar-refractivity contribution in [2.75, 3.05) is 25.0 Å². The highest BCUT2D eigenvalue weighted by molar-refractivity contribution is 5.99. The molecule has 0 spiro atoms. The van der Waals surface area contributed by atoms with E-state index in [9.17, 15) is 9.59 Å². The summed E-state index contributed by atoms with van der Waals surface area (Å²) in [5.74, 6) is 0.481. The van der Waals surface area contributed by atoms with Crippen molar-refractivity contribution in [2.24, 2.45) is 0 Å². The Morgan fingerprint density at radius 3 is 2.91 bits per heavy atom. The zero-order chi connectivity index (χ0) is 16.4. The van der Waals surface area contributed by atoms with Gasteiger partial charge >= 0.3 is 6.03 Å². The van der Waals surface area contributed by atoms with Gasteiger partial charge in [0.2, 0.25) is 0 Å². The molecule has 120 valence electrons. The van der Waals surface area contributed by atoms with Crippen LogP contribution in [0.5, 0.6) is 0 Å². The largest absolute Gasteiger partial charge is 0.360 e. The third-order valence-corrected chi connectivity index (χ3v) is 3.83. The molecule has 1 aromatic heterocycles. The number of nitrogens with one attached hydrogen (secondary N) is 1. The quantitative estimate of drug-likeness (QED) is 0.933. The Bertz CT molecular complexity index is 727. The first kappa shape index (κ1) is 15.1. The Morgan fingerprint density at radius 1 is 1.43 bits per heavy atom. The Balaban J connectivity index is 1.82. The van der Waals surface area contributed by atoms with Crippen molar-refractivity contribution in [3.8, 4) is 0 Å². The second-order valence-corrected chi connectivity index (χ2v) is 5.52. The first-order chi connectivity index (χ1) is 11.1. The number of urea groups is 1. The van der Waals surface area contributed by atoms with Crippen molar-refractivity contribution in [1.29, 1.82) is 0 Å². The average Bonchev–Trinajstić information content (AvgIpc) is 3.19. The summed E-state index contributed by atoms with van der Waals surface area (Å²) in [5, 5.41) is 6.40. The number of nitrogens with zero attached hydrogens (tertiary/aromatic N) is 3. The van der Waals surface area contributed by atoms with E-state index in [1.54, 1.807) is 41.2 Å². The van der Waals surface area contributed by atoms with E-state index in [0.29, 0.717) is 31.0 Å². The lowest BCUT2D eigenvalue weighted by atomic mass is 10.1. The number of amides is 3. The van der Waals surface area contributed by atoms with Crippen molar-refractivity contribution < 1.29 is 14.1 Å². The average molecular weight is 314 g/mol. The first-order valence-corrected chi connectivity index (χ1v) is 7.37. The molecule has 1 N–H and O–H groups in total. The highest BCUT2D eigenvalue weighted by Crippen LogP contribution is 2.24. The zero-order valence-corrected chi connectivity index (χ0v) is 13.1. The lowest BCUT2D eigenvalue weighted by Crippen LogP contribution is -2.29. The molecule has 7 nitrogen and oxygen atoms in total. The lowest BCUT2D eigenvalue weighted by Gasteiger charge is -2.20. The predicted molar refractivity (Wildman–Crippen MR) is 84.2 cm³/mol. The van der Waals surface area contributed by atoms with Crippen LogP contribution < -0.4 is 10.2 Å². The standard InChI is InChI=1S/C16H18N4O3/c1-11-3-4-12(9-14(11)20-8-7-17-16(20)22)15(21)19(2)10-13-5-6-18-23-13/h3-6,9H,7-8,10H2,1-2H3,(H,17,22). The summed E-state index contributed by atoms with van der Waals surface area (Å²) in [6, 6.07) is 6.98. The van der Waals surface area contributed by atoms with Crippen LogP contribution in [0.3, 0.4) is 0 Å². The zero-order valence-electron chi connectivity index (χ0n) is 13.1. The van der Waals surface area contributed by atoms with Crippen LogP contribution in [0.4, 0.5) is 10.5 Å². The Hall–Kier alpha value is -2.83. The number of rotatable bonds is 4. The minimum Gasteiger partial charge on any atom is -0.360 e. The van der Waals surface area contributed by atoms with E-state index in [4.69, 9.17) is 4.52 Å². The molecule has 0 atom stereocenters. The van der Waals surface area contributed by atoms with E-state index < -0.39 is 0 Å². The van der Waals surface area contributed by atoms with E-state index in [0.717, 1.165) is 11.3 Å². The summed E-state index contributed by atoms with van der Waals surface area (Å²) in [6.07, 6.45) is 1.55. The molecule has 1 aliphatic rings. The van der Waals surface area contributed by atoms with Gasteiger partial charge in [-0.15, -0.1) is 0 Å². The van der Waals surface area contributed by atoms with Crippen LogP contribution in [0, 0.1) is 6.92 Å². The van der Waals surface area contributed by atoms with Crippen LogP contribution >= 0.6 is 0 Å². The third-order valence-electron chi connectivity index (χ3n) is 3.83. The summed E-state index contributed by atoms with van der Waals surface area (Å²) in [4.78, 5) is 27.6. The molecule has 0 saturated carbocycles. The maximum atomic E-state index is 12.6. The molecule has 0 bridgehead atoms. The van der Waals surface area contributed by atoms with Gasteiger partial charge in [0.25, 0.3) is 5.91 Å². The van der Waals surface area contributed by atoms with Crippen molar-refractivity contribution in [3.63, 3.8) is 0 Å². The lowest BCUT2D eigenvalue weighted by molar-refractivity contribution is 0.0772. The third kappa shape index (κ3) is 3.03. The number of carbonyl (C=O) groups excluding carboxylic acids is 2. The molecule has 2 heterocycles. The van der Waals surface area contributed by atoms with Crippen molar-refractivity contribution in [2.45, 2.75) is 13.5 Å². The molecule has 23 heavy (non-hydrogen) atoms. The van der Waals surface area contributed by atoms with E-state index in [2.05, 4.69) is 10.5 Å². The second-order valence-electron chi connectivity index (χ2n) is 5.52. The summed E-state index contributed by atoms with van der Waals surface area (Å²) < 4.78 is 5.02. The molecule has 3 rings (SSSR count). The van der Waals surface area contributed by atoms with Gasteiger partial charge in [-0.25, -0.2) is 4.79 Å². The maximum Gasteiger partial charge on any atom is 0.322 e. The topological polar surface area (TPSA) is 78.7 Å². The number of hydrogen-bond donors (Lipinski definition) is 1. The van der Waals surface area contributed by atoms with Gasteiger partial charge in [0.1, 0.15) is 0 Å². The van der Waals surface area contributed by atoms with Gasteiger partial charge in [0.05, 0.1) is 12.7 Å². The second kappa shape index (κ2) is 6.12. The van der Waals surface area contributed by atoms with Gasteiger partial charge in [-0.2, -0.15) is 0 Å². The van der Waals surface area contributed by atoms with Gasteiger partial charge in [-0.1, -0.05) is 11.2 Å². The fourth-order valence-corrected chi connectivity index (χ4v) is 2.58. The summed E-state index contributed by atoms with van der Waals surface area (Å²) >= 11 is 0. The fraction of sp³-hybridized carbons (Fsp3) is 0.312. The molecule has 3 amide bonds. The van der Waals surface area contributed by atoms with Gasteiger partial charge < -0.3 is 14.7 Å². The number of aryl methyl sites for hydroxylation is 1. The molecule has 1 saturated heterocycles. The monoisotopic (exact) mass is 314 g/mol. The van der Waals surface area contributed by atoms with Gasteiger partial charge in [-0.3, -0.25) is 9.69 Å². The molecule has 7 heteroatoms. The van der Waals surface area contributed by atoms with Crippen LogP contribution in [0.15, 0.2) is 35.0 Å². The van der Waals surface area contributed by atoms with Crippen LogP contribution in [0.1, 0.15) is 21.7 Å². The summed E-state index contributed by atoms with van der Waals surface area (Å²) in [6.45, 7) is 3.48. The molecule has 0 aliphatic carbocycles. The normalized spacial score (nSPS) is 14.0. The maximum absolute atomic E-state index is 12.6.